The smallest absolute Gasteiger partial charge is 0.338 e. The molecule has 0 saturated heterocycles. The lowest BCUT2D eigenvalue weighted by Gasteiger charge is -2.25. The molecule has 2 aromatic heterocycles. The Morgan fingerprint density at radius 3 is 2.46 bits per heavy atom. The van der Waals surface area contributed by atoms with Crippen LogP contribution < -0.4 is 5.73 Å². The summed E-state index contributed by atoms with van der Waals surface area (Å²) in [5, 5.41) is 11.3. The van der Waals surface area contributed by atoms with Gasteiger partial charge in [-0.25, -0.2) is 14.8 Å². The molecule has 1 aromatic carbocycles. The molecule has 0 bridgehead atoms. The molecule has 0 aliphatic rings. The van der Waals surface area contributed by atoms with Crippen molar-refractivity contribution >= 4 is 33.7 Å². The van der Waals surface area contributed by atoms with Gasteiger partial charge in [-0.2, -0.15) is 0 Å². The number of aromatic nitrogens is 3. The lowest BCUT2D eigenvalue weighted by molar-refractivity contribution is 0.0526. The van der Waals surface area contributed by atoms with Gasteiger partial charge in [0.15, 0.2) is 5.82 Å². The Hall–Kier alpha value is -2.67. The summed E-state index contributed by atoms with van der Waals surface area (Å²) in [6, 6.07) is 5.24. The number of nitrogens with zero attached hydrogens (tertiary/aromatic N) is 3. The number of carbonyl (C=O) groups excluding carboxylic acids is 1. The van der Waals surface area contributed by atoms with Gasteiger partial charge < -0.3 is 20.1 Å². The SMILES string of the molecule is CCOC(=O)c1ccc2c(c1)nc(N)c1nc(C(C)(C)C)n(CC(C)(C)O)c12. The highest BCUT2D eigenvalue weighted by atomic mass is 16.5. The normalized spacial score (nSPS) is 12.7. The van der Waals surface area contributed by atoms with Crippen LogP contribution in [0.25, 0.3) is 21.9 Å². The Labute approximate surface area is 164 Å². The second-order valence-corrected chi connectivity index (χ2v) is 8.73. The molecule has 0 amide bonds. The predicted octanol–water partition coefficient (Wildman–Crippen LogP) is 3.41. The largest absolute Gasteiger partial charge is 0.462 e. The standard InChI is InChI=1S/C21H28N4O3/c1-7-28-18(26)12-8-9-13-14(10-12)23-17(22)15-16(13)25(11-21(5,6)27)19(24-15)20(2,3)4/h8-10,27H,7,11H2,1-6H3,(H2,22,23). The van der Waals surface area contributed by atoms with E-state index in [9.17, 15) is 9.90 Å². The van der Waals surface area contributed by atoms with Crippen molar-refractivity contribution in [1.29, 1.82) is 0 Å². The summed E-state index contributed by atoms with van der Waals surface area (Å²) in [5.74, 6) is 0.717. The van der Waals surface area contributed by atoms with Crippen LogP contribution in [0.5, 0.6) is 0 Å². The van der Waals surface area contributed by atoms with Gasteiger partial charge in [0.2, 0.25) is 0 Å². The molecule has 0 unspecified atom stereocenters. The second-order valence-electron chi connectivity index (χ2n) is 8.73. The highest BCUT2D eigenvalue weighted by Gasteiger charge is 2.28. The summed E-state index contributed by atoms with van der Waals surface area (Å²) in [6.07, 6.45) is 0. The number of anilines is 1. The zero-order chi connectivity index (χ0) is 20.9. The van der Waals surface area contributed by atoms with Crippen LogP contribution >= 0.6 is 0 Å². The van der Waals surface area contributed by atoms with Crippen LogP contribution in [0.3, 0.4) is 0 Å². The van der Waals surface area contributed by atoms with Crippen molar-refractivity contribution in [3.63, 3.8) is 0 Å². The monoisotopic (exact) mass is 384 g/mol. The Kier molecular flexibility index (Phi) is 4.83. The highest BCUT2D eigenvalue weighted by molar-refractivity contribution is 6.08. The molecule has 3 rings (SSSR count). The molecular weight excluding hydrogens is 356 g/mol. The third-order valence-electron chi connectivity index (χ3n) is 4.43. The number of nitrogen functional groups attached to an aromatic ring is 1. The first-order valence-corrected chi connectivity index (χ1v) is 9.42. The summed E-state index contributed by atoms with van der Waals surface area (Å²) >= 11 is 0. The average molecular weight is 384 g/mol. The van der Waals surface area contributed by atoms with E-state index in [1.54, 1.807) is 32.9 Å². The first-order valence-electron chi connectivity index (χ1n) is 9.42. The fourth-order valence-corrected chi connectivity index (χ4v) is 3.37. The number of fused-ring (bicyclic) bond motifs is 3. The van der Waals surface area contributed by atoms with Crippen LogP contribution in [0.4, 0.5) is 5.82 Å². The molecule has 0 atom stereocenters. The van der Waals surface area contributed by atoms with E-state index in [4.69, 9.17) is 15.5 Å². The summed E-state index contributed by atoms with van der Waals surface area (Å²) in [5.41, 5.74) is 7.46. The summed E-state index contributed by atoms with van der Waals surface area (Å²) in [7, 11) is 0. The van der Waals surface area contributed by atoms with Gasteiger partial charge in [0.05, 0.1) is 35.3 Å². The third kappa shape index (κ3) is 3.67. The lowest BCUT2D eigenvalue weighted by atomic mass is 9.95. The van der Waals surface area contributed by atoms with Gasteiger partial charge in [-0.05, 0) is 39.0 Å². The fourth-order valence-electron chi connectivity index (χ4n) is 3.37. The maximum Gasteiger partial charge on any atom is 0.338 e. The minimum Gasteiger partial charge on any atom is -0.462 e. The number of rotatable bonds is 4. The molecule has 7 heteroatoms. The maximum absolute atomic E-state index is 12.1. The van der Waals surface area contributed by atoms with Crippen molar-refractivity contribution in [3.05, 3.63) is 29.6 Å². The zero-order valence-corrected chi connectivity index (χ0v) is 17.3. The summed E-state index contributed by atoms with van der Waals surface area (Å²) in [6.45, 7) is 12.2. The highest BCUT2D eigenvalue weighted by Crippen LogP contribution is 2.34. The van der Waals surface area contributed by atoms with Crippen molar-refractivity contribution in [1.82, 2.24) is 14.5 Å². The maximum atomic E-state index is 12.1. The van der Waals surface area contributed by atoms with Crippen molar-refractivity contribution in [2.75, 3.05) is 12.3 Å². The van der Waals surface area contributed by atoms with Crippen molar-refractivity contribution in [2.24, 2.45) is 0 Å². The Bertz CT molecular complexity index is 1060. The van der Waals surface area contributed by atoms with Gasteiger partial charge >= 0.3 is 5.97 Å². The summed E-state index contributed by atoms with van der Waals surface area (Å²) < 4.78 is 7.10. The topological polar surface area (TPSA) is 103 Å². The van der Waals surface area contributed by atoms with Crippen LogP contribution in [-0.2, 0) is 16.7 Å². The van der Waals surface area contributed by atoms with E-state index in [0.717, 1.165) is 16.7 Å². The molecule has 0 aliphatic heterocycles. The van der Waals surface area contributed by atoms with E-state index >= 15 is 0 Å². The molecule has 7 nitrogen and oxygen atoms in total. The zero-order valence-electron chi connectivity index (χ0n) is 17.3. The van der Waals surface area contributed by atoms with E-state index in [1.807, 2.05) is 10.6 Å². The first kappa shape index (κ1) is 20.1. The quantitative estimate of drug-likeness (QED) is 0.668. The number of aliphatic hydroxyl groups is 1. The molecule has 3 aromatic rings. The number of carbonyl (C=O) groups is 1. The first-order chi connectivity index (χ1) is 12.9. The Morgan fingerprint density at radius 1 is 1.21 bits per heavy atom. The third-order valence-corrected chi connectivity index (χ3v) is 4.43. The number of imidazole rings is 1. The van der Waals surface area contributed by atoms with Crippen molar-refractivity contribution < 1.29 is 14.6 Å². The molecule has 28 heavy (non-hydrogen) atoms. The molecule has 2 heterocycles. The molecule has 150 valence electrons. The molecule has 3 N–H and O–H groups in total. The van der Waals surface area contributed by atoms with Crippen molar-refractivity contribution in [3.8, 4) is 0 Å². The molecular formula is C21H28N4O3. The van der Waals surface area contributed by atoms with E-state index < -0.39 is 11.6 Å². The van der Waals surface area contributed by atoms with E-state index in [0.29, 0.717) is 35.6 Å². The lowest BCUT2D eigenvalue weighted by Crippen LogP contribution is -2.30. The molecule has 0 radical (unpaired) electrons. The minimum atomic E-state index is -0.942. The second kappa shape index (κ2) is 6.74. The Balaban J connectivity index is 2.36. The van der Waals surface area contributed by atoms with E-state index in [2.05, 4.69) is 25.8 Å². The number of nitrogens with two attached hydrogens (primary N) is 1. The number of benzene rings is 1. The molecule has 0 saturated carbocycles. The van der Waals surface area contributed by atoms with Gasteiger partial charge in [-0.3, -0.25) is 0 Å². The van der Waals surface area contributed by atoms with Crippen LogP contribution in [0, 0.1) is 0 Å². The van der Waals surface area contributed by atoms with E-state index in [-0.39, 0.29) is 5.41 Å². The van der Waals surface area contributed by atoms with Crippen LogP contribution in [0.15, 0.2) is 18.2 Å². The average Bonchev–Trinajstić information content (AvgIpc) is 2.93. The number of hydrogen-bond donors (Lipinski definition) is 2. The van der Waals surface area contributed by atoms with Crippen LogP contribution in [0.2, 0.25) is 0 Å². The van der Waals surface area contributed by atoms with Crippen LogP contribution in [0.1, 0.15) is 57.7 Å². The van der Waals surface area contributed by atoms with Crippen LogP contribution in [-0.4, -0.2) is 37.8 Å². The number of ether oxygens (including phenoxy) is 1. The van der Waals surface area contributed by atoms with Crippen molar-refractivity contribution in [2.45, 2.75) is 59.1 Å². The molecule has 0 aliphatic carbocycles. The summed E-state index contributed by atoms with van der Waals surface area (Å²) in [4.78, 5) is 21.3. The van der Waals surface area contributed by atoms with E-state index in [1.165, 1.54) is 0 Å². The fraction of sp³-hybridized carbons (Fsp3) is 0.476. The van der Waals surface area contributed by atoms with Gasteiger partial charge in [-0.15, -0.1) is 0 Å². The van der Waals surface area contributed by atoms with Gasteiger partial charge in [-0.1, -0.05) is 20.8 Å². The molecule has 0 fully saturated rings. The molecule has 0 spiro atoms. The van der Waals surface area contributed by atoms with Gasteiger partial charge in [0.1, 0.15) is 11.3 Å². The Morgan fingerprint density at radius 2 is 1.89 bits per heavy atom. The predicted molar refractivity (Wildman–Crippen MR) is 110 cm³/mol. The number of pyridine rings is 1. The number of esters is 1. The van der Waals surface area contributed by atoms with Gasteiger partial charge in [0.25, 0.3) is 0 Å². The van der Waals surface area contributed by atoms with Gasteiger partial charge in [0, 0.05) is 10.8 Å². The minimum absolute atomic E-state index is 0.256. The number of hydrogen-bond acceptors (Lipinski definition) is 6.